The van der Waals surface area contributed by atoms with Crippen LogP contribution in [0, 0.1) is 5.92 Å². The van der Waals surface area contributed by atoms with Gasteiger partial charge in [0, 0.05) is 11.6 Å². The lowest BCUT2D eigenvalue weighted by molar-refractivity contribution is 0.188. The smallest absolute Gasteiger partial charge is 0.306 e. The number of rotatable bonds is 3. The number of nitrogens with one attached hydrogen (secondary N) is 1. The van der Waals surface area contributed by atoms with Gasteiger partial charge >= 0.3 is 6.03 Å². The van der Waals surface area contributed by atoms with E-state index >= 15 is 0 Å². The molecule has 166 valence electrons. The third-order valence-electron chi connectivity index (χ3n) is 6.16. The number of carbonyl (C=O) groups is 1. The van der Waals surface area contributed by atoms with Gasteiger partial charge in [-0.05, 0) is 60.2 Å². The standard InChI is InChI=1S/C27H23Cl2N3O/c28-23-15-14-21(17-24(23)29)30-27(33)32-26(19-10-5-2-6-11-19)22-13-7-12-20(25(22)31-32)16-18-8-3-1-4-9-18/h1-6,8-11,14-17,22,26H,7,12-13H2,(H,30,33)/b20-16-. The number of hydrogen-bond acceptors (Lipinski definition) is 2. The molecule has 0 spiro atoms. The van der Waals surface area contributed by atoms with Gasteiger partial charge in [-0.15, -0.1) is 0 Å². The van der Waals surface area contributed by atoms with Crippen molar-refractivity contribution in [3.63, 3.8) is 0 Å². The second-order valence-electron chi connectivity index (χ2n) is 8.32. The van der Waals surface area contributed by atoms with Crippen molar-refractivity contribution >= 4 is 46.7 Å². The van der Waals surface area contributed by atoms with Gasteiger partial charge in [-0.25, -0.2) is 9.80 Å². The molecule has 2 atom stereocenters. The van der Waals surface area contributed by atoms with Crippen LogP contribution in [0.3, 0.4) is 0 Å². The van der Waals surface area contributed by atoms with Crippen molar-refractivity contribution in [2.75, 3.05) is 5.32 Å². The molecule has 1 heterocycles. The van der Waals surface area contributed by atoms with Crippen molar-refractivity contribution in [1.29, 1.82) is 0 Å². The third kappa shape index (κ3) is 4.54. The summed E-state index contributed by atoms with van der Waals surface area (Å²) in [6.07, 6.45) is 5.20. The summed E-state index contributed by atoms with van der Waals surface area (Å²) in [5.41, 5.74) is 5.00. The molecule has 1 fully saturated rings. The SMILES string of the molecule is O=C(Nc1ccc(Cl)c(Cl)c1)N1N=C2/C(=C\c3ccccc3)CCCC2C1c1ccccc1. The quantitative estimate of drug-likeness (QED) is 0.412. The van der Waals surface area contributed by atoms with Gasteiger partial charge in [-0.1, -0.05) is 83.9 Å². The van der Waals surface area contributed by atoms with Gasteiger partial charge in [-0.2, -0.15) is 5.10 Å². The van der Waals surface area contributed by atoms with Gasteiger partial charge in [0.1, 0.15) is 0 Å². The minimum Gasteiger partial charge on any atom is -0.306 e. The van der Waals surface area contributed by atoms with Gasteiger partial charge < -0.3 is 5.32 Å². The van der Waals surface area contributed by atoms with Gasteiger partial charge in [0.15, 0.2) is 0 Å². The summed E-state index contributed by atoms with van der Waals surface area (Å²) in [6, 6.07) is 25.0. The highest BCUT2D eigenvalue weighted by Gasteiger charge is 2.43. The summed E-state index contributed by atoms with van der Waals surface area (Å²) in [5, 5.41) is 10.3. The zero-order chi connectivity index (χ0) is 22.8. The van der Waals surface area contributed by atoms with E-state index in [2.05, 4.69) is 35.7 Å². The number of hydrogen-bond donors (Lipinski definition) is 1. The van der Waals surface area contributed by atoms with E-state index in [1.165, 1.54) is 5.57 Å². The van der Waals surface area contributed by atoms with E-state index in [-0.39, 0.29) is 18.0 Å². The fourth-order valence-electron chi connectivity index (χ4n) is 4.66. The summed E-state index contributed by atoms with van der Waals surface area (Å²) < 4.78 is 0. The Bertz CT molecular complexity index is 1220. The zero-order valence-corrected chi connectivity index (χ0v) is 19.4. The molecular formula is C27H23Cl2N3O. The maximum Gasteiger partial charge on any atom is 0.342 e. The Hall–Kier alpha value is -3.08. The fraction of sp³-hybridized carbons (Fsp3) is 0.185. The molecule has 2 unspecified atom stereocenters. The van der Waals surface area contributed by atoms with Crippen LogP contribution in [-0.2, 0) is 0 Å². The van der Waals surface area contributed by atoms with Crippen molar-refractivity contribution in [2.24, 2.45) is 11.0 Å². The lowest BCUT2D eigenvalue weighted by Gasteiger charge is -2.29. The number of amides is 2. The molecule has 2 aliphatic rings. The molecule has 1 saturated carbocycles. The van der Waals surface area contributed by atoms with E-state index in [0.29, 0.717) is 15.7 Å². The zero-order valence-electron chi connectivity index (χ0n) is 17.9. The van der Waals surface area contributed by atoms with E-state index in [9.17, 15) is 4.79 Å². The topological polar surface area (TPSA) is 44.7 Å². The molecule has 0 aromatic heterocycles. The van der Waals surface area contributed by atoms with Crippen LogP contribution in [0.1, 0.15) is 36.4 Å². The van der Waals surface area contributed by atoms with Gasteiger partial charge in [0.05, 0.1) is 21.8 Å². The molecule has 3 aromatic rings. The van der Waals surface area contributed by atoms with Crippen LogP contribution in [0.5, 0.6) is 0 Å². The minimum absolute atomic E-state index is 0.149. The van der Waals surface area contributed by atoms with Gasteiger partial charge in [-0.3, -0.25) is 0 Å². The molecule has 1 N–H and O–H groups in total. The summed E-state index contributed by atoms with van der Waals surface area (Å²) in [4.78, 5) is 13.4. The van der Waals surface area contributed by atoms with E-state index in [1.54, 1.807) is 23.2 Å². The highest BCUT2D eigenvalue weighted by atomic mass is 35.5. The third-order valence-corrected chi connectivity index (χ3v) is 6.90. The van der Waals surface area contributed by atoms with Crippen molar-refractivity contribution in [2.45, 2.75) is 25.3 Å². The molecule has 1 aliphatic heterocycles. The number of halogens is 2. The number of anilines is 1. The van der Waals surface area contributed by atoms with E-state index in [1.807, 2.05) is 36.4 Å². The van der Waals surface area contributed by atoms with Crippen LogP contribution in [0.25, 0.3) is 6.08 Å². The van der Waals surface area contributed by atoms with E-state index in [4.69, 9.17) is 28.3 Å². The van der Waals surface area contributed by atoms with Crippen LogP contribution in [0.15, 0.2) is 89.5 Å². The average Bonchev–Trinajstić information content (AvgIpc) is 3.24. The number of fused-ring (bicyclic) bond motifs is 1. The second-order valence-corrected chi connectivity index (χ2v) is 9.14. The molecule has 0 bridgehead atoms. The van der Waals surface area contributed by atoms with Crippen LogP contribution >= 0.6 is 23.2 Å². The Kier molecular flexibility index (Phi) is 6.21. The van der Waals surface area contributed by atoms with Gasteiger partial charge in [0.2, 0.25) is 0 Å². The maximum absolute atomic E-state index is 13.4. The first-order chi connectivity index (χ1) is 16.1. The monoisotopic (exact) mass is 475 g/mol. The summed E-state index contributed by atoms with van der Waals surface area (Å²) >= 11 is 12.2. The molecule has 3 aromatic carbocycles. The number of hydrazone groups is 1. The normalized spacial score (nSPS) is 21.0. The molecule has 5 rings (SSSR count). The Morgan fingerprint density at radius 2 is 1.70 bits per heavy atom. The first kappa shape index (κ1) is 21.7. The van der Waals surface area contributed by atoms with Crippen molar-refractivity contribution < 1.29 is 4.79 Å². The molecular weight excluding hydrogens is 453 g/mol. The predicted octanol–water partition coefficient (Wildman–Crippen LogP) is 7.82. The molecule has 33 heavy (non-hydrogen) atoms. The van der Waals surface area contributed by atoms with Crippen molar-refractivity contribution in [3.8, 4) is 0 Å². The molecule has 2 amide bonds. The Balaban J connectivity index is 1.51. The van der Waals surface area contributed by atoms with E-state index in [0.717, 1.165) is 36.1 Å². The van der Waals surface area contributed by atoms with Crippen LogP contribution in [0.4, 0.5) is 10.5 Å². The number of allylic oxidation sites excluding steroid dienone is 1. The Morgan fingerprint density at radius 3 is 2.42 bits per heavy atom. The summed E-state index contributed by atoms with van der Waals surface area (Å²) in [5.74, 6) is 0.149. The lowest BCUT2D eigenvalue weighted by atomic mass is 9.77. The number of urea groups is 1. The highest BCUT2D eigenvalue weighted by molar-refractivity contribution is 6.42. The predicted molar refractivity (Wildman–Crippen MR) is 136 cm³/mol. The number of benzene rings is 3. The van der Waals surface area contributed by atoms with Crippen LogP contribution in [-0.4, -0.2) is 16.8 Å². The highest BCUT2D eigenvalue weighted by Crippen LogP contribution is 2.44. The lowest BCUT2D eigenvalue weighted by Crippen LogP contribution is -2.34. The van der Waals surface area contributed by atoms with Crippen LogP contribution < -0.4 is 5.32 Å². The Morgan fingerprint density at radius 1 is 0.970 bits per heavy atom. The fourth-order valence-corrected chi connectivity index (χ4v) is 4.95. The van der Waals surface area contributed by atoms with Crippen molar-refractivity contribution in [1.82, 2.24) is 5.01 Å². The Labute approximate surface area is 203 Å². The van der Waals surface area contributed by atoms with Gasteiger partial charge in [0.25, 0.3) is 0 Å². The first-order valence-electron chi connectivity index (χ1n) is 11.0. The largest absolute Gasteiger partial charge is 0.342 e. The summed E-state index contributed by atoms with van der Waals surface area (Å²) in [7, 11) is 0. The minimum atomic E-state index is -0.289. The molecule has 6 heteroatoms. The van der Waals surface area contributed by atoms with Crippen LogP contribution in [0.2, 0.25) is 10.0 Å². The average molecular weight is 476 g/mol. The maximum atomic E-state index is 13.4. The number of nitrogens with zero attached hydrogens (tertiary/aromatic N) is 2. The van der Waals surface area contributed by atoms with E-state index < -0.39 is 0 Å². The first-order valence-corrected chi connectivity index (χ1v) is 11.8. The number of carbonyl (C=O) groups excluding carboxylic acids is 1. The molecule has 4 nitrogen and oxygen atoms in total. The van der Waals surface area contributed by atoms with Crippen molar-refractivity contribution in [3.05, 3.63) is 106 Å². The molecule has 1 aliphatic carbocycles. The molecule has 0 radical (unpaired) electrons. The molecule has 0 saturated heterocycles. The summed E-state index contributed by atoms with van der Waals surface area (Å²) in [6.45, 7) is 0. The second kappa shape index (κ2) is 9.42.